The Morgan fingerprint density at radius 1 is 1.70 bits per heavy atom. The van der Waals surface area contributed by atoms with Crippen LogP contribution >= 0.6 is 11.6 Å². The molecule has 0 aromatic carbocycles. The average molecular weight is 164 g/mol. The molecule has 0 aromatic rings. The number of rotatable bonds is 2. The minimum Gasteiger partial charge on any atom is -0.376 e. The summed E-state index contributed by atoms with van der Waals surface area (Å²) in [6.45, 7) is 6.03. The molecule has 1 aliphatic heterocycles. The van der Waals surface area contributed by atoms with Crippen molar-refractivity contribution in [1.82, 2.24) is 4.90 Å². The van der Waals surface area contributed by atoms with E-state index in [0.717, 1.165) is 32.1 Å². The third-order valence-corrected chi connectivity index (χ3v) is 1.89. The maximum absolute atomic E-state index is 5.60. The van der Waals surface area contributed by atoms with E-state index in [4.69, 9.17) is 16.3 Å². The molecule has 0 amide bonds. The van der Waals surface area contributed by atoms with E-state index in [-0.39, 0.29) is 0 Å². The predicted molar refractivity (Wildman–Crippen MR) is 42.6 cm³/mol. The van der Waals surface area contributed by atoms with Gasteiger partial charge in [-0.1, -0.05) is 0 Å². The van der Waals surface area contributed by atoms with Crippen LogP contribution in [0.1, 0.15) is 6.92 Å². The maximum Gasteiger partial charge on any atom is 0.0674 e. The lowest BCUT2D eigenvalue weighted by Gasteiger charge is -2.30. The molecule has 0 spiro atoms. The van der Waals surface area contributed by atoms with Gasteiger partial charge in [-0.15, -0.1) is 11.6 Å². The van der Waals surface area contributed by atoms with E-state index < -0.39 is 0 Å². The minimum atomic E-state index is 0.386. The van der Waals surface area contributed by atoms with Gasteiger partial charge < -0.3 is 4.74 Å². The Bertz CT molecular complexity index is 97.6. The normalized spacial score (nSPS) is 28.8. The third kappa shape index (κ3) is 2.45. The summed E-state index contributed by atoms with van der Waals surface area (Å²) >= 11 is 5.60. The number of hydrogen-bond donors (Lipinski definition) is 0. The van der Waals surface area contributed by atoms with Crippen LogP contribution in [0, 0.1) is 0 Å². The summed E-state index contributed by atoms with van der Waals surface area (Å²) < 4.78 is 5.37. The number of ether oxygens (including phenoxy) is 1. The highest BCUT2D eigenvalue weighted by atomic mass is 35.5. The summed E-state index contributed by atoms with van der Waals surface area (Å²) in [5.74, 6) is 0.729. The van der Waals surface area contributed by atoms with E-state index in [1.807, 2.05) is 0 Å². The fourth-order valence-electron chi connectivity index (χ4n) is 1.21. The lowest BCUT2D eigenvalue weighted by molar-refractivity contribution is -0.0159. The molecule has 0 saturated carbocycles. The second-order valence-corrected chi connectivity index (χ2v) is 3.05. The Morgan fingerprint density at radius 3 is 3.10 bits per heavy atom. The van der Waals surface area contributed by atoms with Gasteiger partial charge in [-0.05, 0) is 6.92 Å². The topological polar surface area (TPSA) is 12.5 Å². The second-order valence-electron chi connectivity index (χ2n) is 2.67. The summed E-state index contributed by atoms with van der Waals surface area (Å²) in [6, 6.07) is 0. The van der Waals surface area contributed by atoms with Gasteiger partial charge in [0.25, 0.3) is 0 Å². The third-order valence-electron chi connectivity index (χ3n) is 1.73. The fourth-order valence-corrected chi connectivity index (χ4v) is 1.45. The zero-order valence-electron chi connectivity index (χ0n) is 6.35. The van der Waals surface area contributed by atoms with Gasteiger partial charge in [0.05, 0.1) is 12.7 Å². The molecule has 1 saturated heterocycles. The molecule has 1 aliphatic rings. The first-order valence-electron chi connectivity index (χ1n) is 3.73. The molecule has 1 fully saturated rings. The van der Waals surface area contributed by atoms with Gasteiger partial charge >= 0.3 is 0 Å². The summed E-state index contributed by atoms with van der Waals surface area (Å²) in [4.78, 5) is 2.33. The van der Waals surface area contributed by atoms with Crippen LogP contribution in [-0.4, -0.2) is 43.1 Å². The van der Waals surface area contributed by atoms with Crippen LogP contribution in [0.3, 0.4) is 0 Å². The van der Waals surface area contributed by atoms with Crippen molar-refractivity contribution in [2.75, 3.05) is 32.1 Å². The highest BCUT2D eigenvalue weighted by Gasteiger charge is 2.14. The van der Waals surface area contributed by atoms with Gasteiger partial charge in [-0.3, -0.25) is 4.90 Å². The fraction of sp³-hybridized carbons (Fsp3) is 1.00. The molecular formula is C7H14ClNO. The molecule has 1 unspecified atom stereocenters. The molecular weight excluding hydrogens is 150 g/mol. The molecule has 2 nitrogen and oxygen atoms in total. The first kappa shape index (κ1) is 8.31. The zero-order chi connectivity index (χ0) is 7.40. The van der Waals surface area contributed by atoms with Crippen molar-refractivity contribution in [2.24, 2.45) is 0 Å². The number of morpholine rings is 1. The SMILES string of the molecule is CC1CN(CCCl)CCO1. The van der Waals surface area contributed by atoms with Crippen LogP contribution in [0.15, 0.2) is 0 Å². The molecule has 0 aliphatic carbocycles. The maximum atomic E-state index is 5.60. The van der Waals surface area contributed by atoms with Crippen molar-refractivity contribution in [2.45, 2.75) is 13.0 Å². The van der Waals surface area contributed by atoms with Crippen molar-refractivity contribution >= 4 is 11.6 Å². The molecule has 3 heteroatoms. The van der Waals surface area contributed by atoms with Crippen molar-refractivity contribution < 1.29 is 4.74 Å². The van der Waals surface area contributed by atoms with Crippen LogP contribution in [0.25, 0.3) is 0 Å². The predicted octanol–water partition coefficient (Wildman–Crippen LogP) is 0.946. The molecule has 10 heavy (non-hydrogen) atoms. The Balaban J connectivity index is 2.18. The standard InChI is InChI=1S/C7H14ClNO/c1-7-6-9(3-2-8)4-5-10-7/h7H,2-6H2,1H3. The van der Waals surface area contributed by atoms with Crippen molar-refractivity contribution in [1.29, 1.82) is 0 Å². The number of nitrogens with zero attached hydrogens (tertiary/aromatic N) is 1. The van der Waals surface area contributed by atoms with Crippen molar-refractivity contribution in [3.8, 4) is 0 Å². The highest BCUT2D eigenvalue weighted by molar-refractivity contribution is 6.18. The van der Waals surface area contributed by atoms with Crippen LogP contribution < -0.4 is 0 Å². The van der Waals surface area contributed by atoms with Gasteiger partial charge in [0.15, 0.2) is 0 Å². The van der Waals surface area contributed by atoms with Gasteiger partial charge in [-0.2, -0.15) is 0 Å². The van der Waals surface area contributed by atoms with Crippen LogP contribution in [-0.2, 0) is 4.74 Å². The average Bonchev–Trinajstić information content (AvgIpc) is 1.88. The van der Waals surface area contributed by atoms with E-state index in [9.17, 15) is 0 Å². The molecule has 60 valence electrons. The van der Waals surface area contributed by atoms with E-state index in [2.05, 4.69) is 11.8 Å². The van der Waals surface area contributed by atoms with Crippen molar-refractivity contribution in [3.05, 3.63) is 0 Å². The molecule has 0 radical (unpaired) electrons. The second kappa shape index (κ2) is 4.16. The van der Waals surface area contributed by atoms with E-state index in [0.29, 0.717) is 6.10 Å². The van der Waals surface area contributed by atoms with Gasteiger partial charge in [0, 0.05) is 25.5 Å². The molecule has 0 bridgehead atoms. The quantitative estimate of drug-likeness (QED) is 0.562. The number of halogens is 1. The molecule has 1 heterocycles. The highest BCUT2D eigenvalue weighted by Crippen LogP contribution is 2.03. The minimum absolute atomic E-state index is 0.386. The van der Waals surface area contributed by atoms with Crippen molar-refractivity contribution in [3.63, 3.8) is 0 Å². The van der Waals surface area contributed by atoms with Crippen LogP contribution in [0.4, 0.5) is 0 Å². The lowest BCUT2D eigenvalue weighted by atomic mass is 10.3. The molecule has 0 N–H and O–H groups in total. The summed E-state index contributed by atoms with van der Waals surface area (Å²) in [5.41, 5.74) is 0. The first-order chi connectivity index (χ1) is 4.83. The molecule has 1 atom stereocenters. The summed E-state index contributed by atoms with van der Waals surface area (Å²) in [6.07, 6.45) is 0.386. The molecule has 0 aromatic heterocycles. The summed E-state index contributed by atoms with van der Waals surface area (Å²) in [7, 11) is 0. The number of hydrogen-bond acceptors (Lipinski definition) is 2. The Kier molecular flexibility index (Phi) is 3.46. The van der Waals surface area contributed by atoms with E-state index in [1.165, 1.54) is 0 Å². The Hall–Kier alpha value is 0.210. The monoisotopic (exact) mass is 163 g/mol. The smallest absolute Gasteiger partial charge is 0.0674 e. The van der Waals surface area contributed by atoms with Gasteiger partial charge in [0.1, 0.15) is 0 Å². The van der Waals surface area contributed by atoms with Gasteiger partial charge in [-0.25, -0.2) is 0 Å². The zero-order valence-corrected chi connectivity index (χ0v) is 7.10. The van der Waals surface area contributed by atoms with Crippen LogP contribution in [0.2, 0.25) is 0 Å². The Morgan fingerprint density at radius 2 is 2.50 bits per heavy atom. The lowest BCUT2D eigenvalue weighted by Crippen LogP contribution is -2.41. The van der Waals surface area contributed by atoms with Gasteiger partial charge in [0.2, 0.25) is 0 Å². The largest absolute Gasteiger partial charge is 0.376 e. The Labute approximate surface area is 67.1 Å². The summed E-state index contributed by atoms with van der Waals surface area (Å²) in [5, 5.41) is 0. The first-order valence-corrected chi connectivity index (χ1v) is 4.26. The van der Waals surface area contributed by atoms with Crippen LogP contribution in [0.5, 0.6) is 0 Å². The molecule has 1 rings (SSSR count). The van der Waals surface area contributed by atoms with E-state index >= 15 is 0 Å². The van der Waals surface area contributed by atoms with E-state index in [1.54, 1.807) is 0 Å². The number of alkyl halides is 1.